The van der Waals surface area contributed by atoms with Crippen molar-refractivity contribution in [2.24, 2.45) is 5.92 Å². The molecule has 49 heavy (non-hydrogen) atoms. The van der Waals surface area contributed by atoms with Crippen molar-refractivity contribution in [2.75, 3.05) is 19.8 Å². The van der Waals surface area contributed by atoms with E-state index in [4.69, 9.17) is 29.2 Å². The van der Waals surface area contributed by atoms with Crippen LogP contribution in [0.1, 0.15) is 126 Å². The smallest absolute Gasteiger partial charge is 0.338 e. The van der Waals surface area contributed by atoms with Gasteiger partial charge in [0.25, 0.3) is 0 Å². The van der Waals surface area contributed by atoms with Crippen molar-refractivity contribution >= 4 is 17.9 Å². The molecule has 11 nitrogen and oxygen atoms in total. The van der Waals surface area contributed by atoms with E-state index in [1.807, 2.05) is 0 Å². The molecule has 0 unspecified atom stereocenters. The maximum Gasteiger partial charge on any atom is 0.338 e. The van der Waals surface area contributed by atoms with E-state index in [0.29, 0.717) is 18.6 Å². The first-order chi connectivity index (χ1) is 23.8. The van der Waals surface area contributed by atoms with E-state index in [0.717, 1.165) is 25.7 Å². The van der Waals surface area contributed by atoms with Crippen LogP contribution >= 0.6 is 0 Å². The van der Waals surface area contributed by atoms with Gasteiger partial charge in [0.15, 0.2) is 18.3 Å². The lowest BCUT2D eigenvalue weighted by Gasteiger charge is -2.43. The monoisotopic (exact) mass is 692 g/mol. The minimum Gasteiger partial charge on any atom is -0.481 e. The second-order valence-electron chi connectivity index (χ2n) is 12.8. The van der Waals surface area contributed by atoms with E-state index >= 15 is 0 Å². The van der Waals surface area contributed by atoms with Gasteiger partial charge in [-0.3, -0.25) is 9.59 Å². The van der Waals surface area contributed by atoms with Gasteiger partial charge in [-0.25, -0.2) is 4.79 Å². The standard InChI is InChI=1S/C38H60O11/c1-2-3-4-5-6-7-8-9-10-11-12-13-14-15-16-21-27-47-38-34(49-37(45)29-23-18-17-19-24-29)33(32(40)31(28-39)48-38)46-26-22-20-25-30(35(41)42)36(43)44/h4-5,17-19,23-24,30-34,38-40H,2-3,6-16,20-22,25-28H2,1H3,(H,41,42)(H,43,44)/t31-,32+,33+,34-,38-/m1/s1. The Labute approximate surface area is 292 Å². The average molecular weight is 693 g/mol. The third-order valence-electron chi connectivity index (χ3n) is 8.76. The Morgan fingerprint density at radius 2 is 1.31 bits per heavy atom. The molecule has 0 saturated carbocycles. The van der Waals surface area contributed by atoms with Crippen molar-refractivity contribution in [3.8, 4) is 0 Å². The summed E-state index contributed by atoms with van der Waals surface area (Å²) in [6.07, 6.45) is 15.8. The van der Waals surface area contributed by atoms with Gasteiger partial charge in [0.05, 0.1) is 12.2 Å². The number of hydrogen-bond donors (Lipinski definition) is 4. The summed E-state index contributed by atoms with van der Waals surface area (Å²) >= 11 is 0. The highest BCUT2D eigenvalue weighted by Gasteiger charge is 2.48. The summed E-state index contributed by atoms with van der Waals surface area (Å²) in [7, 11) is 0. The minimum absolute atomic E-state index is 0.0225. The fourth-order valence-electron chi connectivity index (χ4n) is 5.84. The number of aliphatic carboxylic acids is 2. The number of rotatable bonds is 28. The Bertz CT molecular complexity index is 1050. The van der Waals surface area contributed by atoms with E-state index in [1.54, 1.807) is 30.3 Å². The zero-order valence-corrected chi connectivity index (χ0v) is 29.3. The molecule has 1 aliphatic heterocycles. The minimum atomic E-state index is -1.52. The van der Waals surface area contributed by atoms with Crippen LogP contribution in [-0.2, 0) is 28.5 Å². The number of esters is 1. The third-order valence-corrected chi connectivity index (χ3v) is 8.76. The Morgan fingerprint density at radius 3 is 1.90 bits per heavy atom. The Balaban J connectivity index is 1.81. The maximum atomic E-state index is 13.0. The highest BCUT2D eigenvalue weighted by Crippen LogP contribution is 2.28. The molecule has 1 saturated heterocycles. The predicted molar refractivity (Wildman–Crippen MR) is 185 cm³/mol. The van der Waals surface area contributed by atoms with Gasteiger partial charge in [-0.15, -0.1) is 0 Å². The maximum absolute atomic E-state index is 13.0. The van der Waals surface area contributed by atoms with Crippen molar-refractivity contribution in [1.29, 1.82) is 0 Å². The van der Waals surface area contributed by atoms with Crippen molar-refractivity contribution in [3.05, 3.63) is 48.0 Å². The second kappa shape index (κ2) is 26.0. The summed E-state index contributed by atoms with van der Waals surface area (Å²) in [6.45, 7) is 2.03. The van der Waals surface area contributed by atoms with Crippen LogP contribution in [-0.4, -0.2) is 88.9 Å². The van der Waals surface area contributed by atoms with E-state index in [2.05, 4.69) is 19.1 Å². The first-order valence-corrected chi connectivity index (χ1v) is 18.3. The molecule has 2 rings (SSSR count). The SMILES string of the molecule is CCCC=CCCCCCCCCCCCCCO[C@@H]1O[C@H](CO)[C@H](O)[C@H](OCCCCC(C(=O)O)C(=O)O)[C@H]1OC(=O)c1ccccc1. The van der Waals surface area contributed by atoms with Crippen molar-refractivity contribution in [3.63, 3.8) is 0 Å². The number of ether oxygens (including phenoxy) is 4. The van der Waals surface area contributed by atoms with E-state index in [9.17, 15) is 24.6 Å². The van der Waals surface area contributed by atoms with Crippen LogP contribution in [0.3, 0.4) is 0 Å². The lowest BCUT2D eigenvalue weighted by molar-refractivity contribution is -0.306. The molecule has 11 heteroatoms. The zero-order valence-electron chi connectivity index (χ0n) is 29.3. The fourth-order valence-corrected chi connectivity index (χ4v) is 5.84. The van der Waals surface area contributed by atoms with Crippen molar-refractivity contribution in [2.45, 2.75) is 147 Å². The van der Waals surface area contributed by atoms with E-state index in [1.165, 1.54) is 64.2 Å². The quantitative estimate of drug-likeness (QED) is 0.0320. The Morgan fingerprint density at radius 1 is 0.755 bits per heavy atom. The zero-order chi connectivity index (χ0) is 35.7. The molecule has 1 fully saturated rings. The van der Waals surface area contributed by atoms with Crippen LogP contribution in [0.5, 0.6) is 0 Å². The van der Waals surface area contributed by atoms with Gasteiger partial charge in [0, 0.05) is 13.2 Å². The number of aliphatic hydroxyl groups excluding tert-OH is 2. The molecule has 1 heterocycles. The molecule has 0 bridgehead atoms. The number of aliphatic hydroxyl groups is 2. The molecule has 4 N–H and O–H groups in total. The lowest BCUT2D eigenvalue weighted by Crippen LogP contribution is -2.61. The van der Waals surface area contributed by atoms with Crippen molar-refractivity contribution < 1.29 is 53.8 Å². The fraction of sp³-hybridized carbons (Fsp3) is 0.711. The Kier molecular flexibility index (Phi) is 22.5. The molecule has 1 aromatic carbocycles. The summed E-state index contributed by atoms with van der Waals surface area (Å²) in [5.74, 6) is -4.99. The van der Waals surface area contributed by atoms with Crippen LogP contribution in [0.25, 0.3) is 0 Å². The normalized spacial score (nSPS) is 20.9. The van der Waals surface area contributed by atoms with Gasteiger partial charge in [0.2, 0.25) is 0 Å². The van der Waals surface area contributed by atoms with Crippen molar-refractivity contribution in [1.82, 2.24) is 0 Å². The third kappa shape index (κ3) is 17.1. The molecule has 278 valence electrons. The first-order valence-electron chi connectivity index (χ1n) is 18.3. The van der Waals surface area contributed by atoms with Gasteiger partial charge >= 0.3 is 17.9 Å². The molecule has 5 atom stereocenters. The number of carboxylic acid groups (broad SMARTS) is 2. The largest absolute Gasteiger partial charge is 0.481 e. The van der Waals surface area contributed by atoms with Crippen LogP contribution in [0, 0.1) is 5.92 Å². The number of hydrogen-bond acceptors (Lipinski definition) is 9. The van der Waals surface area contributed by atoms with E-state index < -0.39 is 61.1 Å². The number of benzene rings is 1. The number of allylic oxidation sites excluding steroid dienone is 2. The number of unbranched alkanes of at least 4 members (excludes halogenated alkanes) is 13. The van der Waals surface area contributed by atoms with Gasteiger partial charge in [-0.2, -0.15) is 0 Å². The molecule has 0 spiro atoms. The number of carbonyl (C=O) groups excluding carboxylic acids is 1. The van der Waals surface area contributed by atoms with Crippen LogP contribution in [0.4, 0.5) is 0 Å². The summed E-state index contributed by atoms with van der Waals surface area (Å²) in [5, 5.41) is 39.1. The average Bonchev–Trinajstić information content (AvgIpc) is 3.09. The summed E-state index contributed by atoms with van der Waals surface area (Å²) in [4.78, 5) is 35.4. The first kappa shape index (κ1) is 42.3. The molecule has 1 aromatic rings. The highest BCUT2D eigenvalue weighted by atomic mass is 16.7. The summed E-state index contributed by atoms with van der Waals surface area (Å²) < 4.78 is 23.6. The topological polar surface area (TPSA) is 169 Å². The molecule has 0 aromatic heterocycles. The predicted octanol–water partition coefficient (Wildman–Crippen LogP) is 6.69. The number of carboxylic acids is 2. The van der Waals surface area contributed by atoms with Crippen LogP contribution < -0.4 is 0 Å². The van der Waals surface area contributed by atoms with Gasteiger partial charge in [-0.1, -0.05) is 101 Å². The second-order valence-corrected chi connectivity index (χ2v) is 12.8. The molecular weight excluding hydrogens is 632 g/mol. The summed E-state index contributed by atoms with van der Waals surface area (Å²) in [5.41, 5.74) is 0.294. The van der Waals surface area contributed by atoms with Gasteiger partial charge in [0.1, 0.15) is 18.3 Å². The van der Waals surface area contributed by atoms with Gasteiger partial charge < -0.3 is 39.4 Å². The van der Waals surface area contributed by atoms with Crippen LogP contribution in [0.2, 0.25) is 0 Å². The molecule has 0 radical (unpaired) electrons. The van der Waals surface area contributed by atoms with E-state index in [-0.39, 0.29) is 19.4 Å². The Hall–Kier alpha value is -2.83. The van der Waals surface area contributed by atoms with Gasteiger partial charge in [-0.05, 0) is 57.1 Å². The van der Waals surface area contributed by atoms with Crippen LogP contribution in [0.15, 0.2) is 42.5 Å². The molecule has 0 amide bonds. The molecule has 1 aliphatic rings. The summed E-state index contributed by atoms with van der Waals surface area (Å²) in [6, 6.07) is 8.36. The number of carbonyl (C=O) groups is 3. The molecule has 0 aliphatic carbocycles. The lowest BCUT2D eigenvalue weighted by atomic mass is 9.98. The highest BCUT2D eigenvalue weighted by molar-refractivity contribution is 5.92. The molecular formula is C38H60O11.